The molecule has 2 aromatic carbocycles. The van der Waals surface area contributed by atoms with E-state index in [9.17, 15) is 19.8 Å². The number of likely N-dealkylation sites (N-methyl/N-ethyl adjacent to an activating group) is 1. The van der Waals surface area contributed by atoms with Crippen molar-refractivity contribution in [3.63, 3.8) is 0 Å². The number of methoxy groups -OCH3 is 1. The summed E-state index contributed by atoms with van der Waals surface area (Å²) in [6, 6.07) is 16.6. The van der Waals surface area contributed by atoms with E-state index in [1.54, 1.807) is 14.0 Å². The summed E-state index contributed by atoms with van der Waals surface area (Å²) in [6.45, 7) is 1.88. The van der Waals surface area contributed by atoms with Gasteiger partial charge in [-0.1, -0.05) is 48.5 Å². The predicted octanol–water partition coefficient (Wildman–Crippen LogP) is 2.30. The van der Waals surface area contributed by atoms with E-state index in [1.807, 2.05) is 60.0 Å². The van der Waals surface area contributed by atoms with Gasteiger partial charge in [-0.3, -0.25) is 9.59 Å². The number of carbonyl (C=O) groups excluding carboxylic acids is 2. The van der Waals surface area contributed by atoms with E-state index in [0.29, 0.717) is 11.4 Å². The number of benzene rings is 2. The lowest BCUT2D eigenvalue weighted by molar-refractivity contribution is -0.153. The van der Waals surface area contributed by atoms with Crippen molar-refractivity contribution in [2.45, 2.75) is 38.1 Å². The first-order chi connectivity index (χ1) is 16.3. The average Bonchev–Trinajstić information content (AvgIpc) is 3.33. The predicted molar refractivity (Wildman–Crippen MR) is 129 cm³/mol. The van der Waals surface area contributed by atoms with Crippen LogP contribution in [0.25, 0.3) is 0 Å². The Kier molecular flexibility index (Phi) is 8.75. The Hall–Kier alpha value is -3.27. The van der Waals surface area contributed by atoms with E-state index in [2.05, 4.69) is 10.3 Å². The fraction of sp³-hybridized carbons (Fsp3) is 0.320. The summed E-state index contributed by atoms with van der Waals surface area (Å²) in [5, 5.41) is 25.6. The van der Waals surface area contributed by atoms with Gasteiger partial charge >= 0.3 is 0 Å². The van der Waals surface area contributed by atoms with Gasteiger partial charge in [0.25, 0.3) is 11.8 Å². The molecule has 0 unspecified atom stereocenters. The number of hydrogen-bond acceptors (Lipinski definition) is 7. The second-order valence-corrected chi connectivity index (χ2v) is 8.81. The molecule has 0 aliphatic heterocycles. The van der Waals surface area contributed by atoms with Crippen LogP contribution in [-0.4, -0.2) is 58.3 Å². The van der Waals surface area contributed by atoms with E-state index in [-0.39, 0.29) is 12.6 Å². The van der Waals surface area contributed by atoms with Crippen molar-refractivity contribution in [1.29, 1.82) is 0 Å². The number of aliphatic hydroxyl groups is 2. The van der Waals surface area contributed by atoms with Gasteiger partial charge in [-0.2, -0.15) is 0 Å². The van der Waals surface area contributed by atoms with Crippen LogP contribution in [0.3, 0.4) is 0 Å². The smallest absolute Gasteiger partial charge is 0.254 e. The maximum Gasteiger partial charge on any atom is 0.254 e. The highest BCUT2D eigenvalue weighted by Crippen LogP contribution is 2.22. The Morgan fingerprint density at radius 1 is 1.09 bits per heavy atom. The lowest BCUT2D eigenvalue weighted by atomic mass is 10.1. The van der Waals surface area contributed by atoms with Crippen LogP contribution in [0.1, 0.15) is 34.8 Å². The number of carbonyl (C=O) groups is 2. The van der Waals surface area contributed by atoms with Crippen LogP contribution in [0.2, 0.25) is 0 Å². The fourth-order valence-electron chi connectivity index (χ4n) is 3.46. The summed E-state index contributed by atoms with van der Waals surface area (Å²) in [4.78, 5) is 30.8. The molecule has 3 N–H and O–H groups in total. The van der Waals surface area contributed by atoms with Crippen molar-refractivity contribution < 1.29 is 24.5 Å². The summed E-state index contributed by atoms with van der Waals surface area (Å²) in [5.41, 5.74) is 2.69. The van der Waals surface area contributed by atoms with Gasteiger partial charge in [-0.05, 0) is 18.6 Å². The molecule has 0 bridgehead atoms. The van der Waals surface area contributed by atoms with Crippen molar-refractivity contribution >= 4 is 23.2 Å². The fourth-order valence-corrected chi connectivity index (χ4v) is 4.19. The van der Waals surface area contributed by atoms with Crippen LogP contribution in [0.15, 0.2) is 60.0 Å². The molecule has 0 radical (unpaired) electrons. The van der Waals surface area contributed by atoms with Gasteiger partial charge in [0.05, 0.1) is 25.4 Å². The molecule has 1 aromatic heterocycles. The Morgan fingerprint density at radius 2 is 1.76 bits per heavy atom. The molecule has 0 fully saturated rings. The van der Waals surface area contributed by atoms with Crippen molar-refractivity contribution in [2.75, 3.05) is 14.2 Å². The van der Waals surface area contributed by atoms with Gasteiger partial charge in [0.1, 0.15) is 10.8 Å². The number of nitrogens with zero attached hydrogens (tertiary/aromatic N) is 2. The zero-order valence-electron chi connectivity index (χ0n) is 19.3. The third-order valence-corrected chi connectivity index (χ3v) is 6.51. The normalized spacial score (nSPS) is 13.6. The molecular formula is C25H29N3O5S. The van der Waals surface area contributed by atoms with Gasteiger partial charge in [-0.25, -0.2) is 4.98 Å². The maximum absolute atomic E-state index is 12.6. The molecule has 0 aliphatic rings. The number of thiazole rings is 1. The number of amides is 2. The zero-order valence-corrected chi connectivity index (χ0v) is 20.2. The summed E-state index contributed by atoms with van der Waals surface area (Å²) >= 11 is 1.37. The second-order valence-electron chi connectivity index (χ2n) is 7.86. The van der Waals surface area contributed by atoms with Gasteiger partial charge in [0.15, 0.2) is 12.2 Å². The number of ether oxygens (including phenoxy) is 1. The highest BCUT2D eigenvalue weighted by Gasteiger charge is 2.33. The van der Waals surface area contributed by atoms with Crippen molar-refractivity contribution in [2.24, 2.45) is 0 Å². The molecule has 8 nitrogen and oxygen atoms in total. The maximum atomic E-state index is 12.6. The first-order valence-electron chi connectivity index (χ1n) is 10.8. The van der Waals surface area contributed by atoms with E-state index in [4.69, 9.17) is 4.74 Å². The van der Waals surface area contributed by atoms with E-state index in [1.165, 1.54) is 23.3 Å². The molecule has 0 saturated carbocycles. The number of rotatable bonds is 10. The molecule has 0 spiro atoms. The highest BCUT2D eigenvalue weighted by molar-refractivity contribution is 7.09. The first kappa shape index (κ1) is 25.4. The van der Waals surface area contributed by atoms with Gasteiger partial charge in [-0.15, -0.1) is 11.3 Å². The molecule has 3 rings (SSSR count). The highest BCUT2D eigenvalue weighted by atomic mass is 32.1. The van der Waals surface area contributed by atoms with E-state index in [0.717, 1.165) is 22.6 Å². The summed E-state index contributed by atoms with van der Waals surface area (Å²) in [7, 11) is 3.14. The molecule has 1 heterocycles. The van der Waals surface area contributed by atoms with Crippen molar-refractivity contribution in [1.82, 2.24) is 15.2 Å². The lowest BCUT2D eigenvalue weighted by Gasteiger charge is -2.28. The van der Waals surface area contributed by atoms with E-state index >= 15 is 0 Å². The van der Waals surface area contributed by atoms with Crippen LogP contribution < -0.4 is 10.1 Å². The van der Waals surface area contributed by atoms with Crippen molar-refractivity contribution in [3.05, 3.63) is 81.8 Å². The number of nitrogens with one attached hydrogen (secondary N) is 1. The molecular weight excluding hydrogens is 454 g/mol. The SMILES string of the molecule is COc1ccccc1Cc1csc(CNC(=O)[C@H](O)[C@@H](O)C(=O)N(C)[C@@H](C)c2ccccc2)n1. The van der Waals surface area contributed by atoms with Crippen molar-refractivity contribution in [3.8, 4) is 5.75 Å². The molecule has 2 amide bonds. The molecule has 0 aliphatic carbocycles. The van der Waals surface area contributed by atoms with E-state index < -0.39 is 24.0 Å². The molecule has 180 valence electrons. The largest absolute Gasteiger partial charge is 0.496 e. The number of aromatic nitrogens is 1. The van der Waals surface area contributed by atoms with Crippen LogP contribution in [0.4, 0.5) is 0 Å². The number of aliphatic hydroxyl groups excluding tert-OH is 2. The van der Waals surface area contributed by atoms with Crippen LogP contribution in [-0.2, 0) is 22.6 Å². The van der Waals surface area contributed by atoms with Crippen LogP contribution in [0.5, 0.6) is 5.75 Å². The Bertz CT molecular complexity index is 1100. The summed E-state index contributed by atoms with van der Waals surface area (Å²) < 4.78 is 5.36. The Balaban J connectivity index is 1.54. The zero-order chi connectivity index (χ0) is 24.7. The lowest BCUT2D eigenvalue weighted by Crippen LogP contribution is -2.50. The third kappa shape index (κ3) is 6.19. The first-order valence-corrected chi connectivity index (χ1v) is 11.7. The average molecular weight is 484 g/mol. The monoisotopic (exact) mass is 483 g/mol. The summed E-state index contributed by atoms with van der Waals surface area (Å²) in [5.74, 6) is -0.811. The molecule has 3 aromatic rings. The molecule has 0 saturated heterocycles. The topological polar surface area (TPSA) is 112 Å². The second kappa shape index (κ2) is 11.7. The Labute approximate surface area is 202 Å². The minimum absolute atomic E-state index is 0.0731. The van der Waals surface area contributed by atoms with Gasteiger partial charge in [0.2, 0.25) is 0 Å². The third-order valence-electron chi connectivity index (χ3n) is 5.61. The molecule has 9 heteroatoms. The standard InChI is InChI=1S/C25H29N3O5S/c1-16(17-9-5-4-6-10-17)28(2)25(32)23(30)22(29)24(31)26-14-21-27-19(15-34-21)13-18-11-7-8-12-20(18)33-3/h4-12,15-16,22-23,29-30H,13-14H2,1-3H3,(H,26,31)/t16-,22+,23+/m0/s1. The number of hydrogen-bond donors (Lipinski definition) is 3. The summed E-state index contributed by atoms with van der Waals surface area (Å²) in [6.07, 6.45) is -3.20. The van der Waals surface area contributed by atoms with Gasteiger partial charge < -0.3 is 25.2 Å². The number of para-hydroxylation sites is 1. The molecule has 34 heavy (non-hydrogen) atoms. The quantitative estimate of drug-likeness (QED) is 0.408. The Morgan fingerprint density at radius 3 is 2.47 bits per heavy atom. The van der Waals surface area contributed by atoms with Crippen LogP contribution >= 0.6 is 11.3 Å². The van der Waals surface area contributed by atoms with Gasteiger partial charge in [0, 0.05) is 24.4 Å². The van der Waals surface area contributed by atoms with Crippen LogP contribution in [0, 0.1) is 0 Å². The minimum atomic E-state index is -1.90. The molecule has 3 atom stereocenters. The minimum Gasteiger partial charge on any atom is -0.496 e.